The predicted molar refractivity (Wildman–Crippen MR) is 128 cm³/mol. The van der Waals surface area contributed by atoms with E-state index in [1.165, 1.54) is 0 Å². The molecule has 3 rings (SSSR count). The number of alkyl carbamates (subject to hydrolysis) is 1. The molecule has 34 heavy (non-hydrogen) atoms. The minimum absolute atomic E-state index is 0.142. The van der Waals surface area contributed by atoms with Crippen molar-refractivity contribution >= 4 is 35.8 Å². The van der Waals surface area contributed by atoms with Gasteiger partial charge in [0.05, 0.1) is 6.04 Å². The van der Waals surface area contributed by atoms with Crippen LogP contribution < -0.4 is 16.0 Å². The highest BCUT2D eigenvalue weighted by molar-refractivity contribution is 6.30. The van der Waals surface area contributed by atoms with Crippen molar-refractivity contribution in [3.8, 4) is 0 Å². The zero-order chi connectivity index (χ0) is 24.4. The van der Waals surface area contributed by atoms with E-state index in [0.29, 0.717) is 37.1 Å². The van der Waals surface area contributed by atoms with Gasteiger partial charge >= 0.3 is 6.09 Å². The zero-order valence-corrected chi connectivity index (χ0v) is 20.2. The number of rotatable bonds is 2. The summed E-state index contributed by atoms with van der Waals surface area (Å²) < 4.78 is 5.84. The molecule has 186 valence electrons. The smallest absolute Gasteiger partial charge is 0.408 e. The number of benzene rings is 1. The van der Waals surface area contributed by atoms with Crippen molar-refractivity contribution in [2.24, 2.45) is 0 Å². The molecule has 3 N–H and O–H groups in total. The fraction of sp³-hybridized carbons (Fsp3) is 0.600. The van der Waals surface area contributed by atoms with Gasteiger partial charge in [0, 0.05) is 18.0 Å². The first kappa shape index (κ1) is 26.0. The van der Waals surface area contributed by atoms with Gasteiger partial charge in [-0.05, 0) is 56.2 Å². The monoisotopic (exact) mass is 491 g/mol. The van der Waals surface area contributed by atoms with Crippen molar-refractivity contribution in [1.29, 1.82) is 0 Å². The molecule has 9 heteroatoms. The molecule has 1 saturated heterocycles. The van der Waals surface area contributed by atoms with Gasteiger partial charge in [-0.3, -0.25) is 9.59 Å². The molecular formula is C25H34ClN3O5. The Morgan fingerprint density at radius 3 is 2.50 bits per heavy atom. The number of ether oxygens (including phenoxy) is 1. The summed E-state index contributed by atoms with van der Waals surface area (Å²) in [6.07, 6.45) is 6.27. The van der Waals surface area contributed by atoms with Crippen LogP contribution in [0.2, 0.25) is 5.02 Å². The fourth-order valence-corrected chi connectivity index (χ4v) is 4.83. The van der Waals surface area contributed by atoms with Crippen LogP contribution in [0.25, 0.3) is 0 Å². The molecule has 1 spiro atoms. The maximum atomic E-state index is 13.3. The Bertz CT molecular complexity index is 872. The second-order valence-corrected chi connectivity index (χ2v) is 9.61. The molecule has 1 aliphatic heterocycles. The van der Waals surface area contributed by atoms with Crippen LogP contribution in [-0.2, 0) is 19.1 Å². The molecule has 2 atom stereocenters. The number of cyclic esters (lactones) is 1. The van der Waals surface area contributed by atoms with Crippen LogP contribution in [0.15, 0.2) is 24.3 Å². The SMILES string of the molecule is O=C[C@@H]1CCC(=O)NCCCCCC(c2cccc(Cl)c2)OC(=O)NC2(CCCCC2)C(=O)N1. The first-order valence-electron chi connectivity index (χ1n) is 12.2. The van der Waals surface area contributed by atoms with Crippen LogP contribution in [0.1, 0.15) is 82.3 Å². The lowest BCUT2D eigenvalue weighted by atomic mass is 9.80. The van der Waals surface area contributed by atoms with Gasteiger partial charge in [0.15, 0.2) is 0 Å². The quantitative estimate of drug-likeness (QED) is 0.542. The molecular weight excluding hydrogens is 458 g/mol. The topological polar surface area (TPSA) is 114 Å². The van der Waals surface area contributed by atoms with Gasteiger partial charge in [-0.1, -0.05) is 49.4 Å². The lowest BCUT2D eigenvalue weighted by Crippen LogP contribution is -2.61. The normalized spacial score (nSPS) is 25.3. The van der Waals surface area contributed by atoms with E-state index in [0.717, 1.165) is 44.1 Å². The fourth-order valence-electron chi connectivity index (χ4n) is 4.63. The molecule has 0 bridgehead atoms. The molecule has 1 unspecified atom stereocenters. The number of amides is 3. The van der Waals surface area contributed by atoms with Gasteiger partial charge in [-0.15, -0.1) is 0 Å². The summed E-state index contributed by atoms with van der Waals surface area (Å²) in [5.41, 5.74) is -0.358. The van der Waals surface area contributed by atoms with Gasteiger partial charge in [-0.2, -0.15) is 0 Å². The predicted octanol–water partition coefficient (Wildman–Crippen LogP) is 3.96. The minimum Gasteiger partial charge on any atom is -0.441 e. The van der Waals surface area contributed by atoms with Crippen LogP contribution in [0.5, 0.6) is 0 Å². The Hall–Kier alpha value is -2.61. The minimum atomic E-state index is -1.15. The van der Waals surface area contributed by atoms with E-state index in [4.69, 9.17) is 16.3 Å². The summed E-state index contributed by atoms with van der Waals surface area (Å²) in [7, 11) is 0. The van der Waals surface area contributed by atoms with Crippen LogP contribution in [0.4, 0.5) is 4.79 Å². The highest BCUT2D eigenvalue weighted by atomic mass is 35.5. The van der Waals surface area contributed by atoms with Crippen LogP contribution >= 0.6 is 11.6 Å². The third-order valence-electron chi connectivity index (χ3n) is 6.58. The molecule has 1 heterocycles. The van der Waals surface area contributed by atoms with Crippen molar-refractivity contribution < 1.29 is 23.9 Å². The van der Waals surface area contributed by atoms with E-state index in [9.17, 15) is 19.2 Å². The lowest BCUT2D eigenvalue weighted by molar-refractivity contribution is -0.131. The molecule has 2 fully saturated rings. The average Bonchev–Trinajstić information content (AvgIpc) is 2.83. The second-order valence-electron chi connectivity index (χ2n) is 9.17. The Morgan fingerprint density at radius 2 is 1.76 bits per heavy atom. The molecule has 1 aromatic carbocycles. The first-order chi connectivity index (χ1) is 16.4. The van der Waals surface area contributed by atoms with Gasteiger partial charge in [0.2, 0.25) is 11.8 Å². The van der Waals surface area contributed by atoms with Gasteiger partial charge in [0.1, 0.15) is 17.9 Å². The van der Waals surface area contributed by atoms with Gasteiger partial charge in [0.25, 0.3) is 0 Å². The van der Waals surface area contributed by atoms with Gasteiger partial charge < -0.3 is 25.5 Å². The van der Waals surface area contributed by atoms with E-state index < -0.39 is 29.7 Å². The molecule has 1 saturated carbocycles. The standard InChI is InChI=1S/C25H34ClN3O5/c26-19-9-7-8-18(16-19)21-10-3-1-6-15-27-22(31)12-11-20(17-30)28-23(32)25(29-24(33)34-21)13-4-2-5-14-25/h7-9,16-17,20-21H,1-6,10-15H2,(H,27,31)(H,28,32)(H,29,33)/t20-,21?/m0/s1. The average molecular weight is 492 g/mol. The maximum Gasteiger partial charge on any atom is 0.408 e. The summed E-state index contributed by atoms with van der Waals surface area (Å²) >= 11 is 6.17. The Kier molecular flexibility index (Phi) is 9.74. The summed E-state index contributed by atoms with van der Waals surface area (Å²) in [5.74, 6) is -0.559. The van der Waals surface area contributed by atoms with Crippen molar-refractivity contribution in [3.63, 3.8) is 0 Å². The molecule has 0 radical (unpaired) electrons. The van der Waals surface area contributed by atoms with Crippen LogP contribution in [0.3, 0.4) is 0 Å². The number of hydrogen-bond donors (Lipinski definition) is 3. The number of hydrogen-bond acceptors (Lipinski definition) is 5. The largest absolute Gasteiger partial charge is 0.441 e. The maximum absolute atomic E-state index is 13.3. The molecule has 8 nitrogen and oxygen atoms in total. The zero-order valence-electron chi connectivity index (χ0n) is 19.4. The number of halogens is 1. The number of carbonyl (C=O) groups is 4. The van der Waals surface area contributed by atoms with E-state index in [1.807, 2.05) is 12.1 Å². The molecule has 3 amide bonds. The number of aldehydes is 1. The number of nitrogens with one attached hydrogen (secondary N) is 3. The Morgan fingerprint density at radius 1 is 1.00 bits per heavy atom. The Labute approximate surface area is 205 Å². The number of carbonyl (C=O) groups excluding carboxylic acids is 4. The van der Waals surface area contributed by atoms with Crippen molar-refractivity contribution in [1.82, 2.24) is 16.0 Å². The third-order valence-corrected chi connectivity index (χ3v) is 6.82. The van der Waals surface area contributed by atoms with Crippen molar-refractivity contribution in [2.45, 2.75) is 88.3 Å². The molecule has 1 aliphatic carbocycles. The summed E-state index contributed by atoms with van der Waals surface area (Å²) in [4.78, 5) is 50.1. The molecule has 0 aromatic heterocycles. The van der Waals surface area contributed by atoms with E-state index in [-0.39, 0.29) is 18.7 Å². The highest BCUT2D eigenvalue weighted by Gasteiger charge is 2.42. The second kappa shape index (κ2) is 12.7. The summed E-state index contributed by atoms with van der Waals surface area (Å²) in [6.45, 7) is 0.531. The first-order valence-corrected chi connectivity index (χ1v) is 12.6. The van der Waals surface area contributed by atoms with Crippen molar-refractivity contribution in [3.05, 3.63) is 34.9 Å². The highest BCUT2D eigenvalue weighted by Crippen LogP contribution is 2.31. The van der Waals surface area contributed by atoms with Crippen molar-refractivity contribution in [2.75, 3.05) is 6.54 Å². The van der Waals surface area contributed by atoms with Crippen LogP contribution in [0, 0.1) is 0 Å². The molecule has 2 aliphatic rings. The van der Waals surface area contributed by atoms with Crippen LogP contribution in [-0.4, -0.2) is 42.3 Å². The molecule has 1 aromatic rings. The summed E-state index contributed by atoms with van der Waals surface area (Å²) in [5, 5.41) is 9.00. The lowest BCUT2D eigenvalue weighted by Gasteiger charge is -2.37. The van der Waals surface area contributed by atoms with E-state index >= 15 is 0 Å². The third kappa shape index (κ3) is 7.45. The van der Waals surface area contributed by atoms with Gasteiger partial charge in [-0.25, -0.2) is 4.79 Å². The Balaban J connectivity index is 1.82. The van der Waals surface area contributed by atoms with E-state index in [1.54, 1.807) is 12.1 Å². The van der Waals surface area contributed by atoms with E-state index in [2.05, 4.69) is 16.0 Å². The summed E-state index contributed by atoms with van der Waals surface area (Å²) in [6, 6.07) is 6.42.